The molecule has 0 atom stereocenters. The molecule has 0 amide bonds. The SMILES string of the molecule is C=C/C=c1/cc[nH]/c1=C/C.CC. The van der Waals surface area contributed by atoms with E-state index >= 15 is 0 Å². The van der Waals surface area contributed by atoms with E-state index in [1.54, 1.807) is 6.08 Å². The predicted octanol–water partition coefficient (Wildman–Crippen LogP) is 1.81. The third kappa shape index (κ3) is 2.79. The van der Waals surface area contributed by atoms with Crippen molar-refractivity contribution in [3.05, 3.63) is 35.5 Å². The minimum absolute atomic E-state index is 1.15. The number of aromatic nitrogens is 1. The van der Waals surface area contributed by atoms with Crippen LogP contribution in [0.1, 0.15) is 20.8 Å². The summed E-state index contributed by atoms with van der Waals surface area (Å²) in [4.78, 5) is 3.11. The summed E-state index contributed by atoms with van der Waals surface area (Å²) in [5, 5.41) is 2.34. The van der Waals surface area contributed by atoms with Gasteiger partial charge in [0.2, 0.25) is 0 Å². The lowest BCUT2D eigenvalue weighted by atomic mass is 10.3. The van der Waals surface area contributed by atoms with E-state index in [2.05, 4.69) is 11.6 Å². The molecule has 0 fully saturated rings. The van der Waals surface area contributed by atoms with Crippen LogP contribution >= 0.6 is 0 Å². The molecular weight excluding hydrogens is 146 g/mol. The molecular formula is C11H17N. The fourth-order valence-corrected chi connectivity index (χ4v) is 0.917. The number of aromatic amines is 1. The zero-order chi connectivity index (χ0) is 9.40. The van der Waals surface area contributed by atoms with Gasteiger partial charge in [-0.3, -0.25) is 0 Å². The molecule has 1 aromatic heterocycles. The average Bonchev–Trinajstić information content (AvgIpc) is 2.56. The number of allylic oxidation sites excluding steroid dienone is 1. The maximum atomic E-state index is 3.63. The van der Waals surface area contributed by atoms with Crippen LogP contribution in [0.15, 0.2) is 24.9 Å². The van der Waals surface area contributed by atoms with E-state index in [1.807, 2.05) is 45.2 Å². The Kier molecular flexibility index (Phi) is 5.80. The molecule has 1 nitrogen and oxygen atoms in total. The first-order chi connectivity index (χ1) is 5.88. The van der Waals surface area contributed by atoms with E-state index < -0.39 is 0 Å². The Hall–Kier alpha value is -1.24. The highest BCUT2D eigenvalue weighted by Gasteiger charge is 1.79. The third-order valence-corrected chi connectivity index (χ3v) is 1.40. The maximum absolute atomic E-state index is 3.63. The van der Waals surface area contributed by atoms with Crippen LogP contribution < -0.4 is 10.6 Å². The summed E-state index contributed by atoms with van der Waals surface area (Å²) in [6.45, 7) is 9.63. The van der Waals surface area contributed by atoms with E-state index in [0.29, 0.717) is 0 Å². The fraction of sp³-hybridized carbons (Fsp3) is 0.273. The maximum Gasteiger partial charge on any atom is 0.0410 e. The van der Waals surface area contributed by atoms with Gasteiger partial charge in [-0.25, -0.2) is 0 Å². The van der Waals surface area contributed by atoms with E-state index in [1.165, 1.54) is 5.22 Å². The largest absolute Gasteiger partial charge is 0.361 e. The second kappa shape index (κ2) is 6.47. The summed E-state index contributed by atoms with van der Waals surface area (Å²) in [6.07, 6.45) is 7.72. The molecule has 0 radical (unpaired) electrons. The Labute approximate surface area is 74.1 Å². The van der Waals surface area contributed by atoms with Gasteiger partial charge in [-0.2, -0.15) is 0 Å². The lowest BCUT2D eigenvalue weighted by Crippen LogP contribution is -2.20. The van der Waals surface area contributed by atoms with Gasteiger partial charge >= 0.3 is 0 Å². The highest BCUT2D eigenvalue weighted by molar-refractivity contribution is 5.36. The third-order valence-electron chi connectivity index (χ3n) is 1.40. The summed E-state index contributed by atoms with van der Waals surface area (Å²) >= 11 is 0. The molecule has 66 valence electrons. The molecule has 0 aliphatic rings. The topological polar surface area (TPSA) is 15.8 Å². The Morgan fingerprint density at radius 2 is 2.08 bits per heavy atom. The molecule has 1 heterocycles. The molecule has 0 spiro atoms. The second-order valence-electron chi connectivity index (χ2n) is 2.04. The van der Waals surface area contributed by atoms with E-state index in [9.17, 15) is 0 Å². The standard InChI is InChI=1S/C9H11N.C2H6/c1-3-5-8-6-7-10-9(8)4-2;1-2/h3-7,10H,1H2,2H3;1-2H3/b8-5-,9-4+;. The van der Waals surface area contributed by atoms with Crippen molar-refractivity contribution in [2.45, 2.75) is 20.8 Å². The molecule has 1 heteroatoms. The number of hydrogen-bond donors (Lipinski definition) is 1. The molecule has 0 saturated carbocycles. The summed E-state index contributed by atoms with van der Waals surface area (Å²) in [5.74, 6) is 0. The molecule has 0 aliphatic carbocycles. The van der Waals surface area contributed by atoms with E-state index in [0.717, 1.165) is 5.35 Å². The molecule has 1 N–H and O–H groups in total. The van der Waals surface area contributed by atoms with E-state index in [4.69, 9.17) is 0 Å². The van der Waals surface area contributed by atoms with Crippen molar-refractivity contribution in [1.82, 2.24) is 4.98 Å². The Balaban J connectivity index is 0.000000561. The number of H-pyrrole nitrogens is 1. The van der Waals surface area contributed by atoms with Crippen LogP contribution in [0.5, 0.6) is 0 Å². The van der Waals surface area contributed by atoms with Crippen molar-refractivity contribution in [2.75, 3.05) is 0 Å². The molecule has 1 aromatic rings. The van der Waals surface area contributed by atoms with Crippen LogP contribution in [-0.4, -0.2) is 4.98 Å². The van der Waals surface area contributed by atoms with Gasteiger partial charge in [-0.1, -0.05) is 38.7 Å². The van der Waals surface area contributed by atoms with Crippen LogP contribution in [0.4, 0.5) is 0 Å². The van der Waals surface area contributed by atoms with Crippen LogP contribution in [0.2, 0.25) is 0 Å². The molecule has 1 rings (SSSR count). The van der Waals surface area contributed by atoms with Gasteiger partial charge in [0.15, 0.2) is 0 Å². The van der Waals surface area contributed by atoms with Crippen molar-refractivity contribution in [2.24, 2.45) is 0 Å². The summed E-state index contributed by atoms with van der Waals surface area (Å²) in [7, 11) is 0. The van der Waals surface area contributed by atoms with Crippen molar-refractivity contribution >= 4 is 12.2 Å². The highest BCUT2D eigenvalue weighted by atomic mass is 14.6. The quantitative estimate of drug-likeness (QED) is 0.650. The molecule has 12 heavy (non-hydrogen) atoms. The molecule has 0 aromatic carbocycles. The second-order valence-corrected chi connectivity index (χ2v) is 2.04. The lowest BCUT2D eigenvalue weighted by molar-refractivity contribution is 1.31. The van der Waals surface area contributed by atoms with Crippen LogP contribution in [-0.2, 0) is 0 Å². The summed E-state index contributed by atoms with van der Waals surface area (Å²) < 4.78 is 0. The monoisotopic (exact) mass is 163 g/mol. The number of rotatable bonds is 1. The van der Waals surface area contributed by atoms with Gasteiger partial charge in [0.1, 0.15) is 0 Å². The summed E-state index contributed by atoms with van der Waals surface area (Å²) in [5.41, 5.74) is 0. The predicted molar refractivity (Wildman–Crippen MR) is 56.2 cm³/mol. The number of hydrogen-bond acceptors (Lipinski definition) is 0. The van der Waals surface area contributed by atoms with Gasteiger partial charge in [-0.15, -0.1) is 0 Å². The van der Waals surface area contributed by atoms with Gasteiger partial charge in [-0.05, 0) is 18.2 Å². The Morgan fingerprint density at radius 1 is 1.42 bits per heavy atom. The van der Waals surface area contributed by atoms with Crippen molar-refractivity contribution in [1.29, 1.82) is 0 Å². The lowest BCUT2D eigenvalue weighted by Gasteiger charge is -1.74. The van der Waals surface area contributed by atoms with Crippen LogP contribution in [0.25, 0.3) is 12.2 Å². The molecule has 0 aliphatic heterocycles. The highest BCUT2D eigenvalue weighted by Crippen LogP contribution is 1.66. The van der Waals surface area contributed by atoms with Crippen molar-refractivity contribution in [3.63, 3.8) is 0 Å². The van der Waals surface area contributed by atoms with Gasteiger partial charge in [0, 0.05) is 11.5 Å². The van der Waals surface area contributed by atoms with Crippen LogP contribution in [0.3, 0.4) is 0 Å². The minimum Gasteiger partial charge on any atom is -0.361 e. The van der Waals surface area contributed by atoms with Gasteiger partial charge in [0.25, 0.3) is 0 Å². The fourth-order valence-electron chi connectivity index (χ4n) is 0.917. The van der Waals surface area contributed by atoms with E-state index in [-0.39, 0.29) is 0 Å². The number of nitrogens with one attached hydrogen (secondary N) is 1. The smallest absolute Gasteiger partial charge is 0.0410 e. The van der Waals surface area contributed by atoms with Crippen molar-refractivity contribution < 1.29 is 0 Å². The first kappa shape index (κ1) is 10.8. The minimum atomic E-state index is 1.15. The van der Waals surface area contributed by atoms with Gasteiger partial charge in [0.05, 0.1) is 0 Å². The zero-order valence-electron chi connectivity index (χ0n) is 8.09. The Bertz CT molecular complexity index is 317. The Morgan fingerprint density at radius 3 is 2.58 bits per heavy atom. The average molecular weight is 163 g/mol. The molecule has 0 saturated heterocycles. The zero-order valence-corrected chi connectivity index (χ0v) is 8.09. The molecule has 0 bridgehead atoms. The van der Waals surface area contributed by atoms with Gasteiger partial charge < -0.3 is 4.98 Å². The van der Waals surface area contributed by atoms with Crippen LogP contribution in [0, 0.1) is 0 Å². The first-order valence-electron chi connectivity index (χ1n) is 4.31. The molecule has 0 unspecified atom stereocenters. The normalized spacial score (nSPS) is 12.2. The summed E-state index contributed by atoms with van der Waals surface area (Å²) in [6, 6.07) is 2.02. The first-order valence-corrected chi connectivity index (χ1v) is 4.31. The van der Waals surface area contributed by atoms with Crippen molar-refractivity contribution in [3.8, 4) is 0 Å².